The number of likely N-dealkylation sites (N-methyl/N-ethyl adjacent to an activating group) is 1. The number of aliphatic imine (C=N–C) groups is 1. The lowest BCUT2D eigenvalue weighted by atomic mass is 10.2. The van der Waals surface area contributed by atoms with Crippen molar-refractivity contribution in [3.05, 3.63) is 0 Å². The minimum Gasteiger partial charge on any atom is -0.357 e. The standard InChI is InChI=1S/C17H35N5O.HI/c1-6-16(23)22-11-10-15(13-22)20-17(18-7-2)19-12-14(5)21(8-3)9-4;/h14-15H,6-13H2,1-5H3,(H2,18,19,20);1H. The molecule has 142 valence electrons. The Morgan fingerprint density at radius 2 is 1.96 bits per heavy atom. The second-order valence-corrected chi connectivity index (χ2v) is 6.11. The van der Waals surface area contributed by atoms with Crippen LogP contribution in [0.1, 0.15) is 47.5 Å². The van der Waals surface area contributed by atoms with Crippen LogP contribution in [0.3, 0.4) is 0 Å². The number of carbonyl (C=O) groups excluding carboxylic acids is 1. The van der Waals surface area contributed by atoms with E-state index in [0.717, 1.165) is 51.6 Å². The van der Waals surface area contributed by atoms with Gasteiger partial charge in [0.1, 0.15) is 0 Å². The highest BCUT2D eigenvalue weighted by Gasteiger charge is 2.25. The van der Waals surface area contributed by atoms with Gasteiger partial charge in [-0.3, -0.25) is 14.7 Å². The third-order valence-electron chi connectivity index (χ3n) is 4.48. The van der Waals surface area contributed by atoms with E-state index in [9.17, 15) is 4.79 Å². The van der Waals surface area contributed by atoms with Gasteiger partial charge in [-0.2, -0.15) is 0 Å². The predicted molar refractivity (Wildman–Crippen MR) is 112 cm³/mol. The summed E-state index contributed by atoms with van der Waals surface area (Å²) in [6.07, 6.45) is 1.57. The molecule has 7 heteroatoms. The molecule has 1 fully saturated rings. The van der Waals surface area contributed by atoms with Crippen LogP contribution < -0.4 is 10.6 Å². The van der Waals surface area contributed by atoms with Crippen molar-refractivity contribution < 1.29 is 4.79 Å². The summed E-state index contributed by atoms with van der Waals surface area (Å²) >= 11 is 0. The summed E-state index contributed by atoms with van der Waals surface area (Å²) in [6, 6.07) is 0.731. The Kier molecular flexibility index (Phi) is 12.4. The largest absolute Gasteiger partial charge is 0.357 e. The Bertz CT molecular complexity index is 387. The van der Waals surface area contributed by atoms with Gasteiger partial charge in [0.05, 0.1) is 6.54 Å². The Hall–Kier alpha value is -0.570. The van der Waals surface area contributed by atoms with Crippen molar-refractivity contribution in [3.63, 3.8) is 0 Å². The van der Waals surface area contributed by atoms with Crippen molar-refractivity contribution in [2.45, 2.75) is 59.5 Å². The summed E-state index contributed by atoms with van der Waals surface area (Å²) in [5, 5.41) is 6.80. The summed E-state index contributed by atoms with van der Waals surface area (Å²) in [5.41, 5.74) is 0. The van der Waals surface area contributed by atoms with Gasteiger partial charge in [0.25, 0.3) is 0 Å². The Labute approximate surface area is 164 Å². The van der Waals surface area contributed by atoms with Crippen molar-refractivity contribution in [2.24, 2.45) is 4.99 Å². The number of guanidine groups is 1. The number of amides is 1. The first-order valence-corrected chi connectivity index (χ1v) is 9.12. The van der Waals surface area contributed by atoms with Crippen LogP contribution in [0.4, 0.5) is 0 Å². The number of rotatable bonds is 8. The van der Waals surface area contributed by atoms with E-state index >= 15 is 0 Å². The molecule has 0 saturated carbocycles. The van der Waals surface area contributed by atoms with Crippen LogP contribution in [0, 0.1) is 0 Å². The third kappa shape index (κ3) is 7.55. The molecule has 1 aliphatic rings. The van der Waals surface area contributed by atoms with Crippen molar-refractivity contribution in [1.82, 2.24) is 20.4 Å². The maximum Gasteiger partial charge on any atom is 0.222 e. The molecule has 0 bridgehead atoms. The molecule has 2 atom stereocenters. The van der Waals surface area contributed by atoms with Gasteiger partial charge < -0.3 is 15.5 Å². The van der Waals surface area contributed by atoms with Gasteiger partial charge in [0, 0.05) is 38.1 Å². The van der Waals surface area contributed by atoms with Crippen LogP contribution in [-0.2, 0) is 4.79 Å². The monoisotopic (exact) mass is 453 g/mol. The molecule has 24 heavy (non-hydrogen) atoms. The minimum atomic E-state index is 0. The zero-order chi connectivity index (χ0) is 17.2. The first-order chi connectivity index (χ1) is 11.0. The third-order valence-corrected chi connectivity index (χ3v) is 4.48. The van der Waals surface area contributed by atoms with Gasteiger partial charge in [-0.25, -0.2) is 0 Å². The van der Waals surface area contributed by atoms with E-state index in [1.165, 1.54) is 0 Å². The molecule has 0 aromatic rings. The fourth-order valence-corrected chi connectivity index (χ4v) is 3.03. The Balaban J connectivity index is 0.00000529. The molecule has 2 unspecified atom stereocenters. The molecular weight excluding hydrogens is 417 g/mol. The lowest BCUT2D eigenvalue weighted by molar-refractivity contribution is -0.129. The Morgan fingerprint density at radius 3 is 2.50 bits per heavy atom. The molecule has 0 aromatic carbocycles. The smallest absolute Gasteiger partial charge is 0.222 e. The quantitative estimate of drug-likeness (QED) is 0.335. The van der Waals surface area contributed by atoms with Gasteiger partial charge in [-0.05, 0) is 33.4 Å². The van der Waals surface area contributed by atoms with Gasteiger partial charge in [0.15, 0.2) is 5.96 Å². The van der Waals surface area contributed by atoms with E-state index < -0.39 is 0 Å². The molecule has 0 radical (unpaired) electrons. The minimum absolute atomic E-state index is 0. The molecule has 1 saturated heterocycles. The van der Waals surface area contributed by atoms with Gasteiger partial charge in [0.2, 0.25) is 5.91 Å². The van der Waals surface area contributed by atoms with Crippen LogP contribution in [0.15, 0.2) is 4.99 Å². The normalized spacial score (nSPS) is 19.2. The highest BCUT2D eigenvalue weighted by Crippen LogP contribution is 2.10. The number of halogens is 1. The summed E-state index contributed by atoms with van der Waals surface area (Å²) in [7, 11) is 0. The molecule has 2 N–H and O–H groups in total. The second kappa shape index (κ2) is 12.7. The number of hydrogen-bond donors (Lipinski definition) is 2. The summed E-state index contributed by atoms with van der Waals surface area (Å²) in [4.78, 5) is 20.9. The van der Waals surface area contributed by atoms with Crippen LogP contribution in [-0.4, -0.2) is 73.0 Å². The highest BCUT2D eigenvalue weighted by molar-refractivity contribution is 14.0. The SMILES string of the molecule is CCNC(=NCC(C)N(CC)CC)NC1CCN(C(=O)CC)C1.I. The van der Waals surface area contributed by atoms with Crippen molar-refractivity contribution in [1.29, 1.82) is 0 Å². The summed E-state index contributed by atoms with van der Waals surface area (Å²) in [6.45, 7) is 15.9. The first-order valence-electron chi connectivity index (χ1n) is 9.12. The molecule has 0 aromatic heterocycles. The molecule has 6 nitrogen and oxygen atoms in total. The first kappa shape index (κ1) is 23.4. The van der Waals surface area contributed by atoms with E-state index in [4.69, 9.17) is 4.99 Å². The number of hydrogen-bond acceptors (Lipinski definition) is 3. The van der Waals surface area contributed by atoms with E-state index in [-0.39, 0.29) is 29.9 Å². The van der Waals surface area contributed by atoms with Gasteiger partial charge in [-0.15, -0.1) is 24.0 Å². The maximum atomic E-state index is 11.8. The fourth-order valence-electron chi connectivity index (χ4n) is 3.03. The van der Waals surface area contributed by atoms with E-state index in [0.29, 0.717) is 18.5 Å². The molecule has 1 heterocycles. The maximum absolute atomic E-state index is 11.8. The fraction of sp³-hybridized carbons (Fsp3) is 0.882. The van der Waals surface area contributed by atoms with Crippen LogP contribution in [0.25, 0.3) is 0 Å². The van der Waals surface area contributed by atoms with Crippen molar-refractivity contribution >= 4 is 35.8 Å². The average molecular weight is 453 g/mol. The van der Waals surface area contributed by atoms with E-state index in [1.54, 1.807) is 0 Å². The van der Waals surface area contributed by atoms with Gasteiger partial charge in [-0.1, -0.05) is 20.8 Å². The lowest BCUT2D eigenvalue weighted by Gasteiger charge is -2.25. The number of nitrogens with zero attached hydrogens (tertiary/aromatic N) is 3. The average Bonchev–Trinajstić information content (AvgIpc) is 3.01. The molecule has 1 aliphatic heterocycles. The second-order valence-electron chi connectivity index (χ2n) is 6.11. The number of nitrogens with one attached hydrogen (secondary N) is 2. The highest BCUT2D eigenvalue weighted by atomic mass is 127. The predicted octanol–water partition coefficient (Wildman–Crippen LogP) is 1.90. The number of carbonyl (C=O) groups is 1. The van der Waals surface area contributed by atoms with Gasteiger partial charge >= 0.3 is 0 Å². The topological polar surface area (TPSA) is 60.0 Å². The molecule has 0 spiro atoms. The zero-order valence-electron chi connectivity index (χ0n) is 16.0. The number of likely N-dealkylation sites (tertiary alicyclic amines) is 1. The summed E-state index contributed by atoms with van der Waals surface area (Å²) in [5.74, 6) is 1.11. The molecule has 0 aliphatic carbocycles. The molecular formula is C17H36IN5O. The van der Waals surface area contributed by atoms with Crippen LogP contribution in [0.5, 0.6) is 0 Å². The van der Waals surface area contributed by atoms with E-state index in [1.807, 2.05) is 11.8 Å². The van der Waals surface area contributed by atoms with Crippen molar-refractivity contribution in [2.75, 3.05) is 39.3 Å². The zero-order valence-corrected chi connectivity index (χ0v) is 18.3. The van der Waals surface area contributed by atoms with Crippen LogP contribution >= 0.6 is 24.0 Å². The molecule has 1 amide bonds. The summed E-state index contributed by atoms with van der Waals surface area (Å²) < 4.78 is 0. The Morgan fingerprint density at radius 1 is 1.29 bits per heavy atom. The molecule has 1 rings (SSSR count). The van der Waals surface area contributed by atoms with Crippen LogP contribution in [0.2, 0.25) is 0 Å². The van der Waals surface area contributed by atoms with Crippen molar-refractivity contribution in [3.8, 4) is 0 Å². The lowest BCUT2D eigenvalue weighted by Crippen LogP contribution is -2.45. The van der Waals surface area contributed by atoms with E-state index in [2.05, 4.69) is 43.2 Å².